The van der Waals surface area contributed by atoms with E-state index in [9.17, 15) is 0 Å². The summed E-state index contributed by atoms with van der Waals surface area (Å²) in [5.41, 5.74) is 1.24. The summed E-state index contributed by atoms with van der Waals surface area (Å²) < 4.78 is 4.93. The van der Waals surface area contributed by atoms with E-state index in [1.165, 1.54) is 18.4 Å². The van der Waals surface area contributed by atoms with Crippen LogP contribution in [0.2, 0.25) is 0 Å². The molecular weight excluding hydrogens is 126 g/mol. The highest BCUT2D eigenvalue weighted by Gasteiger charge is 2.19. The third-order valence-corrected chi connectivity index (χ3v) is 1.75. The Kier molecular flexibility index (Phi) is 1.47. The third kappa shape index (κ3) is 1.39. The van der Waals surface area contributed by atoms with Crippen LogP contribution in [0.15, 0.2) is 23.0 Å². The summed E-state index contributed by atoms with van der Waals surface area (Å²) in [5, 5.41) is 3.40. The maximum atomic E-state index is 4.93. The maximum Gasteiger partial charge on any atom is 0.0947 e. The molecule has 0 radical (unpaired) electrons. The number of nitrogens with one attached hydrogen (secondary N) is 1. The van der Waals surface area contributed by atoms with E-state index in [0.29, 0.717) is 0 Å². The van der Waals surface area contributed by atoms with Crippen molar-refractivity contribution in [2.45, 2.75) is 25.4 Å². The van der Waals surface area contributed by atoms with Crippen LogP contribution in [0.4, 0.5) is 0 Å². The van der Waals surface area contributed by atoms with Crippen LogP contribution >= 0.6 is 0 Å². The van der Waals surface area contributed by atoms with Gasteiger partial charge in [-0.25, -0.2) is 0 Å². The van der Waals surface area contributed by atoms with E-state index >= 15 is 0 Å². The quantitative estimate of drug-likeness (QED) is 0.683. The molecule has 1 aromatic heterocycles. The van der Waals surface area contributed by atoms with Gasteiger partial charge in [0.05, 0.1) is 12.5 Å². The molecule has 0 aromatic carbocycles. The summed E-state index contributed by atoms with van der Waals surface area (Å²) in [7, 11) is 0. The number of furan rings is 1. The van der Waals surface area contributed by atoms with Crippen molar-refractivity contribution < 1.29 is 4.42 Å². The molecule has 0 spiro atoms. The lowest BCUT2D eigenvalue weighted by molar-refractivity contribution is 0.560. The van der Waals surface area contributed by atoms with Crippen molar-refractivity contribution in [1.29, 1.82) is 0 Å². The lowest BCUT2D eigenvalue weighted by atomic mass is 10.3. The zero-order valence-corrected chi connectivity index (χ0v) is 5.84. The zero-order chi connectivity index (χ0) is 6.81. The van der Waals surface area contributed by atoms with Crippen molar-refractivity contribution in [3.8, 4) is 0 Å². The predicted octanol–water partition coefficient (Wildman–Crippen LogP) is 1.53. The largest absolute Gasteiger partial charge is 0.472 e. The van der Waals surface area contributed by atoms with E-state index in [4.69, 9.17) is 4.42 Å². The van der Waals surface area contributed by atoms with Crippen LogP contribution in [0.25, 0.3) is 0 Å². The summed E-state index contributed by atoms with van der Waals surface area (Å²) in [6.07, 6.45) is 6.19. The summed E-state index contributed by atoms with van der Waals surface area (Å²) in [6, 6.07) is 2.78. The van der Waals surface area contributed by atoms with Gasteiger partial charge in [-0.15, -0.1) is 0 Å². The Morgan fingerprint density at radius 2 is 2.50 bits per heavy atom. The minimum absolute atomic E-state index is 0.787. The minimum Gasteiger partial charge on any atom is -0.472 e. The second-order valence-electron chi connectivity index (χ2n) is 2.79. The van der Waals surface area contributed by atoms with Crippen LogP contribution in [0, 0.1) is 0 Å². The Labute approximate surface area is 60.2 Å². The van der Waals surface area contributed by atoms with E-state index < -0.39 is 0 Å². The van der Waals surface area contributed by atoms with Crippen LogP contribution < -0.4 is 5.32 Å². The zero-order valence-electron chi connectivity index (χ0n) is 5.84. The lowest BCUT2D eigenvalue weighted by Gasteiger charge is -1.96. The molecule has 2 rings (SSSR count). The van der Waals surface area contributed by atoms with Gasteiger partial charge < -0.3 is 9.73 Å². The fraction of sp³-hybridized carbons (Fsp3) is 0.500. The molecule has 1 aliphatic rings. The molecule has 0 unspecified atom stereocenters. The highest BCUT2D eigenvalue weighted by Crippen LogP contribution is 2.19. The first kappa shape index (κ1) is 5.98. The molecule has 1 N–H and O–H groups in total. The molecule has 1 aliphatic carbocycles. The van der Waals surface area contributed by atoms with E-state index in [1.807, 2.05) is 6.07 Å². The van der Waals surface area contributed by atoms with Crippen LogP contribution in [0.3, 0.4) is 0 Å². The second-order valence-corrected chi connectivity index (χ2v) is 2.79. The second kappa shape index (κ2) is 2.46. The van der Waals surface area contributed by atoms with Crippen molar-refractivity contribution >= 4 is 0 Å². The van der Waals surface area contributed by atoms with Gasteiger partial charge in [-0.2, -0.15) is 0 Å². The van der Waals surface area contributed by atoms with Gasteiger partial charge in [0.25, 0.3) is 0 Å². The van der Waals surface area contributed by atoms with Crippen molar-refractivity contribution in [3.05, 3.63) is 24.2 Å². The van der Waals surface area contributed by atoms with Gasteiger partial charge in [0.1, 0.15) is 0 Å². The standard InChI is InChI=1S/C8H11NO/c1-2-8(1)9-5-7-3-4-10-6-7/h3-4,6,8-9H,1-2,5H2. The van der Waals surface area contributed by atoms with Crippen LogP contribution in [-0.2, 0) is 6.54 Å². The number of hydrogen-bond donors (Lipinski definition) is 1. The van der Waals surface area contributed by atoms with E-state index in [0.717, 1.165) is 12.6 Å². The highest BCUT2D eigenvalue weighted by molar-refractivity contribution is 5.05. The van der Waals surface area contributed by atoms with E-state index in [1.54, 1.807) is 12.5 Å². The Bertz CT molecular complexity index is 189. The minimum atomic E-state index is 0.787. The predicted molar refractivity (Wildman–Crippen MR) is 38.6 cm³/mol. The topological polar surface area (TPSA) is 25.2 Å². The molecule has 1 fully saturated rings. The molecule has 10 heavy (non-hydrogen) atoms. The molecule has 0 atom stereocenters. The molecule has 0 saturated heterocycles. The molecule has 54 valence electrons. The summed E-state index contributed by atoms with van der Waals surface area (Å²) in [4.78, 5) is 0. The number of hydrogen-bond acceptors (Lipinski definition) is 2. The average molecular weight is 137 g/mol. The Hall–Kier alpha value is -0.760. The van der Waals surface area contributed by atoms with E-state index in [-0.39, 0.29) is 0 Å². The lowest BCUT2D eigenvalue weighted by Crippen LogP contribution is -2.14. The fourth-order valence-electron chi connectivity index (χ4n) is 0.943. The molecule has 0 bridgehead atoms. The van der Waals surface area contributed by atoms with Crippen LogP contribution in [0.5, 0.6) is 0 Å². The van der Waals surface area contributed by atoms with Crippen molar-refractivity contribution in [3.63, 3.8) is 0 Å². The highest BCUT2D eigenvalue weighted by atomic mass is 16.3. The average Bonchev–Trinajstić information content (AvgIpc) is 2.63. The van der Waals surface area contributed by atoms with Crippen LogP contribution in [-0.4, -0.2) is 6.04 Å². The van der Waals surface area contributed by atoms with Gasteiger partial charge in [0, 0.05) is 18.2 Å². The van der Waals surface area contributed by atoms with Gasteiger partial charge in [-0.3, -0.25) is 0 Å². The summed E-state index contributed by atoms with van der Waals surface area (Å²) in [6.45, 7) is 0.959. The molecule has 1 saturated carbocycles. The van der Waals surface area contributed by atoms with Crippen LogP contribution in [0.1, 0.15) is 18.4 Å². The van der Waals surface area contributed by atoms with Crippen molar-refractivity contribution in [2.24, 2.45) is 0 Å². The first-order valence-corrected chi connectivity index (χ1v) is 3.69. The van der Waals surface area contributed by atoms with Gasteiger partial charge in [-0.1, -0.05) is 0 Å². The number of rotatable bonds is 3. The first-order chi connectivity index (χ1) is 4.95. The molecule has 0 amide bonds. The fourth-order valence-corrected chi connectivity index (χ4v) is 0.943. The Morgan fingerprint density at radius 3 is 3.10 bits per heavy atom. The van der Waals surface area contributed by atoms with Gasteiger partial charge in [0.15, 0.2) is 0 Å². The third-order valence-electron chi connectivity index (χ3n) is 1.75. The monoisotopic (exact) mass is 137 g/mol. The molecule has 0 aliphatic heterocycles. The van der Waals surface area contributed by atoms with Gasteiger partial charge >= 0.3 is 0 Å². The molecule has 1 heterocycles. The SMILES string of the molecule is c1cc(CNC2CC2)co1. The molecule has 1 aromatic rings. The molecule has 2 nitrogen and oxygen atoms in total. The smallest absolute Gasteiger partial charge is 0.0947 e. The van der Waals surface area contributed by atoms with E-state index in [2.05, 4.69) is 5.32 Å². The van der Waals surface area contributed by atoms with Gasteiger partial charge in [0.2, 0.25) is 0 Å². The molecule has 2 heteroatoms. The summed E-state index contributed by atoms with van der Waals surface area (Å²) >= 11 is 0. The Balaban J connectivity index is 1.79. The Morgan fingerprint density at radius 1 is 1.60 bits per heavy atom. The van der Waals surface area contributed by atoms with Crippen molar-refractivity contribution in [2.75, 3.05) is 0 Å². The van der Waals surface area contributed by atoms with Crippen molar-refractivity contribution in [1.82, 2.24) is 5.32 Å². The van der Waals surface area contributed by atoms with Gasteiger partial charge in [-0.05, 0) is 18.9 Å². The summed E-state index contributed by atoms with van der Waals surface area (Å²) in [5.74, 6) is 0. The maximum absolute atomic E-state index is 4.93. The first-order valence-electron chi connectivity index (χ1n) is 3.69. The normalized spacial score (nSPS) is 17.6. The molecular formula is C8H11NO.